The summed E-state index contributed by atoms with van der Waals surface area (Å²) in [7, 11) is 0. The lowest BCUT2D eigenvalue weighted by molar-refractivity contribution is 0.0425. The van der Waals surface area contributed by atoms with Gasteiger partial charge in [0.25, 0.3) is 5.56 Å². The Labute approximate surface area is 113 Å². The van der Waals surface area contributed by atoms with Crippen LogP contribution >= 0.6 is 0 Å². The standard InChI is InChI=1S/C11H15N5O4/c1-6-4-16(10(20)13-9(6)19)7-2-3-11(5-17,8(7)18)14-15-12/h4,7-8,17-18H,2-3,5H2,1H3,(H,13,19,20)/t7-,8+,11+/m1/s1. The number of aliphatic hydroxyl groups excluding tert-OH is 2. The Hall–Kier alpha value is -2.09. The van der Waals surface area contributed by atoms with Gasteiger partial charge < -0.3 is 10.2 Å². The molecule has 1 aliphatic carbocycles. The fraction of sp³-hybridized carbons (Fsp3) is 0.636. The van der Waals surface area contributed by atoms with Gasteiger partial charge in [0.1, 0.15) is 0 Å². The Morgan fingerprint density at radius 2 is 2.35 bits per heavy atom. The molecule has 0 aliphatic heterocycles. The van der Waals surface area contributed by atoms with E-state index in [4.69, 9.17) is 5.53 Å². The summed E-state index contributed by atoms with van der Waals surface area (Å²) in [6.45, 7) is 1.04. The number of rotatable bonds is 3. The van der Waals surface area contributed by atoms with Crippen molar-refractivity contribution in [3.63, 3.8) is 0 Å². The summed E-state index contributed by atoms with van der Waals surface area (Å²) in [5.41, 5.74) is 6.43. The maximum atomic E-state index is 11.8. The van der Waals surface area contributed by atoms with Gasteiger partial charge in [0.05, 0.1) is 24.3 Å². The number of hydrogen-bond donors (Lipinski definition) is 3. The van der Waals surface area contributed by atoms with Crippen molar-refractivity contribution in [3.05, 3.63) is 43.0 Å². The molecule has 1 aromatic heterocycles. The van der Waals surface area contributed by atoms with Crippen molar-refractivity contribution in [1.82, 2.24) is 9.55 Å². The van der Waals surface area contributed by atoms with Crippen LogP contribution in [-0.4, -0.2) is 38.0 Å². The Morgan fingerprint density at radius 1 is 1.65 bits per heavy atom. The third-order valence-electron chi connectivity index (χ3n) is 3.81. The van der Waals surface area contributed by atoms with E-state index in [1.807, 2.05) is 0 Å². The van der Waals surface area contributed by atoms with Gasteiger partial charge in [-0.15, -0.1) is 0 Å². The maximum Gasteiger partial charge on any atom is 0.328 e. The topological polar surface area (TPSA) is 144 Å². The number of aliphatic hydroxyl groups is 2. The van der Waals surface area contributed by atoms with E-state index >= 15 is 0 Å². The average molecular weight is 281 g/mol. The largest absolute Gasteiger partial charge is 0.396 e. The van der Waals surface area contributed by atoms with E-state index in [0.29, 0.717) is 12.0 Å². The highest BCUT2D eigenvalue weighted by atomic mass is 16.3. The molecule has 1 fully saturated rings. The zero-order chi connectivity index (χ0) is 14.9. The Kier molecular flexibility index (Phi) is 3.67. The molecule has 108 valence electrons. The predicted molar refractivity (Wildman–Crippen MR) is 69.3 cm³/mol. The van der Waals surface area contributed by atoms with Crippen LogP contribution in [0.3, 0.4) is 0 Å². The van der Waals surface area contributed by atoms with Crippen LogP contribution in [-0.2, 0) is 0 Å². The maximum absolute atomic E-state index is 11.8. The fourth-order valence-corrected chi connectivity index (χ4v) is 2.59. The molecule has 0 saturated heterocycles. The normalized spacial score (nSPS) is 29.1. The first-order valence-corrected chi connectivity index (χ1v) is 6.12. The van der Waals surface area contributed by atoms with Crippen molar-refractivity contribution in [1.29, 1.82) is 0 Å². The average Bonchev–Trinajstić information content (AvgIpc) is 2.73. The second kappa shape index (κ2) is 5.12. The van der Waals surface area contributed by atoms with Gasteiger partial charge in [-0.2, -0.15) is 0 Å². The molecule has 0 amide bonds. The van der Waals surface area contributed by atoms with Gasteiger partial charge in [0, 0.05) is 16.7 Å². The van der Waals surface area contributed by atoms with E-state index < -0.39 is 35.5 Å². The van der Waals surface area contributed by atoms with Crippen LogP contribution in [0.5, 0.6) is 0 Å². The number of aromatic nitrogens is 2. The molecule has 9 nitrogen and oxygen atoms in total. The number of nitrogens with zero attached hydrogens (tertiary/aromatic N) is 4. The molecule has 0 spiro atoms. The van der Waals surface area contributed by atoms with Crippen LogP contribution in [0.25, 0.3) is 10.4 Å². The van der Waals surface area contributed by atoms with Crippen molar-refractivity contribution < 1.29 is 10.2 Å². The minimum absolute atomic E-state index is 0.254. The SMILES string of the molecule is Cc1cn([C@@H]2CC[C@@](CO)(N=[N+]=[N-])[C@H]2O)c(=O)[nH]c1=O. The van der Waals surface area contributed by atoms with Crippen molar-refractivity contribution in [2.75, 3.05) is 6.61 Å². The monoisotopic (exact) mass is 281 g/mol. The van der Waals surface area contributed by atoms with Crippen LogP contribution in [0.15, 0.2) is 20.9 Å². The van der Waals surface area contributed by atoms with E-state index in [2.05, 4.69) is 15.0 Å². The first-order chi connectivity index (χ1) is 9.45. The first kappa shape index (κ1) is 14.3. The molecule has 1 aromatic rings. The van der Waals surface area contributed by atoms with E-state index in [0.717, 1.165) is 0 Å². The van der Waals surface area contributed by atoms with Crippen LogP contribution in [0, 0.1) is 6.92 Å². The van der Waals surface area contributed by atoms with E-state index in [9.17, 15) is 19.8 Å². The lowest BCUT2D eigenvalue weighted by Crippen LogP contribution is -2.44. The third kappa shape index (κ3) is 2.11. The van der Waals surface area contributed by atoms with Crippen molar-refractivity contribution >= 4 is 0 Å². The second-order valence-electron chi connectivity index (χ2n) is 4.98. The smallest absolute Gasteiger partial charge is 0.328 e. The van der Waals surface area contributed by atoms with Crippen LogP contribution < -0.4 is 11.2 Å². The molecular formula is C11H15N5O4. The van der Waals surface area contributed by atoms with Gasteiger partial charge in [0.15, 0.2) is 0 Å². The van der Waals surface area contributed by atoms with Crippen LogP contribution in [0.2, 0.25) is 0 Å². The highest BCUT2D eigenvalue weighted by molar-refractivity contribution is 5.09. The minimum Gasteiger partial charge on any atom is -0.396 e. The first-order valence-electron chi connectivity index (χ1n) is 6.12. The molecule has 3 atom stereocenters. The zero-order valence-electron chi connectivity index (χ0n) is 10.9. The highest BCUT2D eigenvalue weighted by Crippen LogP contribution is 2.40. The van der Waals surface area contributed by atoms with Crippen LogP contribution in [0.4, 0.5) is 0 Å². The van der Waals surface area contributed by atoms with Gasteiger partial charge in [-0.3, -0.25) is 14.3 Å². The van der Waals surface area contributed by atoms with Crippen LogP contribution in [0.1, 0.15) is 24.4 Å². The molecule has 0 aromatic carbocycles. The fourth-order valence-electron chi connectivity index (χ4n) is 2.59. The molecule has 0 unspecified atom stereocenters. The van der Waals surface area contributed by atoms with E-state index in [-0.39, 0.29) is 6.42 Å². The summed E-state index contributed by atoms with van der Waals surface area (Å²) in [6.07, 6.45) is 0.765. The van der Waals surface area contributed by atoms with Gasteiger partial charge >= 0.3 is 5.69 Å². The summed E-state index contributed by atoms with van der Waals surface area (Å²) < 4.78 is 1.21. The van der Waals surface area contributed by atoms with Crippen molar-refractivity contribution in [3.8, 4) is 0 Å². The minimum atomic E-state index is -1.33. The Bertz CT molecular complexity index is 674. The van der Waals surface area contributed by atoms with Gasteiger partial charge in [-0.25, -0.2) is 4.79 Å². The zero-order valence-corrected chi connectivity index (χ0v) is 10.9. The number of azide groups is 1. The molecule has 0 bridgehead atoms. The molecule has 0 radical (unpaired) electrons. The van der Waals surface area contributed by atoms with Gasteiger partial charge in [-0.05, 0) is 25.3 Å². The highest BCUT2D eigenvalue weighted by Gasteiger charge is 2.48. The molecule has 1 heterocycles. The quantitative estimate of drug-likeness (QED) is 0.392. The molecule has 20 heavy (non-hydrogen) atoms. The molecular weight excluding hydrogens is 266 g/mol. The predicted octanol–water partition coefficient (Wildman–Crippen LogP) is -0.418. The van der Waals surface area contributed by atoms with Gasteiger partial charge in [-0.1, -0.05) is 5.11 Å². The molecule has 1 saturated carbocycles. The van der Waals surface area contributed by atoms with Crippen molar-refractivity contribution in [2.24, 2.45) is 5.11 Å². The summed E-state index contributed by atoms with van der Waals surface area (Å²) in [4.78, 5) is 28.0. The van der Waals surface area contributed by atoms with E-state index in [1.165, 1.54) is 10.8 Å². The number of H-pyrrole nitrogens is 1. The van der Waals surface area contributed by atoms with Crippen molar-refractivity contribution in [2.45, 2.75) is 37.5 Å². The lowest BCUT2D eigenvalue weighted by atomic mass is 9.97. The molecule has 2 rings (SSSR count). The molecule has 1 aliphatic rings. The van der Waals surface area contributed by atoms with E-state index in [1.54, 1.807) is 6.92 Å². The summed E-state index contributed by atoms with van der Waals surface area (Å²) in [6, 6.07) is -0.657. The lowest BCUT2D eigenvalue weighted by Gasteiger charge is -2.27. The summed E-state index contributed by atoms with van der Waals surface area (Å²) in [5, 5.41) is 23.2. The number of hydrogen-bond acceptors (Lipinski definition) is 5. The summed E-state index contributed by atoms with van der Waals surface area (Å²) in [5.74, 6) is 0. The number of aromatic amines is 1. The second-order valence-corrected chi connectivity index (χ2v) is 4.98. The number of aryl methyl sites for hydroxylation is 1. The Balaban J connectivity index is 2.47. The van der Waals surface area contributed by atoms with Gasteiger partial charge in [0.2, 0.25) is 0 Å². The molecule has 9 heteroatoms. The Morgan fingerprint density at radius 3 is 2.95 bits per heavy atom. The third-order valence-corrected chi connectivity index (χ3v) is 3.81. The molecule has 3 N–H and O–H groups in total. The summed E-state index contributed by atoms with van der Waals surface area (Å²) >= 11 is 0. The number of nitrogens with one attached hydrogen (secondary N) is 1.